The second-order valence-electron chi connectivity index (χ2n) is 2.74. The van der Waals surface area contributed by atoms with Crippen LogP contribution in [0.5, 0.6) is 5.75 Å². The first-order valence-electron chi connectivity index (χ1n) is 3.92. The maximum atomic E-state index is 13.1. The molecule has 0 bridgehead atoms. The quantitative estimate of drug-likeness (QED) is 0.706. The van der Waals surface area contributed by atoms with E-state index in [4.69, 9.17) is 9.94 Å². The molecule has 0 aromatic heterocycles. The molecule has 4 heteroatoms. The number of hydrogen-bond donors (Lipinski definition) is 2. The SMILES string of the molecule is COc1ccc([C@H](C)NO)cc1F. The van der Waals surface area contributed by atoms with Gasteiger partial charge in [0, 0.05) is 0 Å². The van der Waals surface area contributed by atoms with E-state index in [2.05, 4.69) is 0 Å². The highest BCUT2D eigenvalue weighted by atomic mass is 19.1. The molecule has 3 nitrogen and oxygen atoms in total. The van der Waals surface area contributed by atoms with E-state index in [0.717, 1.165) is 0 Å². The molecule has 1 aromatic carbocycles. The molecular formula is C9H12FNO2. The first-order chi connectivity index (χ1) is 6.19. The monoisotopic (exact) mass is 185 g/mol. The van der Waals surface area contributed by atoms with Gasteiger partial charge in [-0.2, -0.15) is 5.48 Å². The summed E-state index contributed by atoms with van der Waals surface area (Å²) in [5, 5.41) is 8.60. The lowest BCUT2D eigenvalue weighted by molar-refractivity contribution is 0.133. The molecule has 0 amide bonds. The molecule has 1 rings (SSSR count). The highest BCUT2D eigenvalue weighted by Crippen LogP contribution is 2.21. The standard InChI is InChI=1S/C9H12FNO2/c1-6(11-12)7-3-4-9(13-2)8(10)5-7/h3-6,11-12H,1-2H3/t6-/m0/s1. The van der Waals surface area contributed by atoms with Gasteiger partial charge in [0.25, 0.3) is 0 Å². The van der Waals surface area contributed by atoms with Gasteiger partial charge in [-0.15, -0.1) is 0 Å². The van der Waals surface area contributed by atoms with Crippen molar-refractivity contribution in [2.75, 3.05) is 7.11 Å². The van der Waals surface area contributed by atoms with Crippen LogP contribution in [-0.4, -0.2) is 12.3 Å². The summed E-state index contributed by atoms with van der Waals surface area (Å²) in [7, 11) is 1.41. The minimum atomic E-state index is -0.429. The van der Waals surface area contributed by atoms with Crippen LogP contribution in [0.1, 0.15) is 18.5 Å². The van der Waals surface area contributed by atoms with Gasteiger partial charge in [0.15, 0.2) is 11.6 Å². The molecule has 0 unspecified atom stereocenters. The predicted molar refractivity (Wildman–Crippen MR) is 46.3 cm³/mol. The Bertz CT molecular complexity index is 291. The second-order valence-corrected chi connectivity index (χ2v) is 2.74. The number of benzene rings is 1. The minimum Gasteiger partial charge on any atom is -0.494 e. The van der Waals surface area contributed by atoms with Crippen LogP contribution in [0.15, 0.2) is 18.2 Å². The summed E-state index contributed by atoms with van der Waals surface area (Å²) >= 11 is 0. The largest absolute Gasteiger partial charge is 0.494 e. The van der Waals surface area contributed by atoms with Crippen LogP contribution in [-0.2, 0) is 0 Å². The fraction of sp³-hybridized carbons (Fsp3) is 0.333. The zero-order valence-corrected chi connectivity index (χ0v) is 7.54. The average Bonchev–Trinajstić information content (AvgIpc) is 2.16. The summed E-state index contributed by atoms with van der Waals surface area (Å²) < 4.78 is 17.9. The van der Waals surface area contributed by atoms with Gasteiger partial charge < -0.3 is 9.94 Å². The van der Waals surface area contributed by atoms with Crippen LogP contribution < -0.4 is 10.2 Å². The normalized spacial score (nSPS) is 12.6. The minimum absolute atomic E-state index is 0.203. The van der Waals surface area contributed by atoms with E-state index in [1.165, 1.54) is 19.2 Å². The van der Waals surface area contributed by atoms with Crippen LogP contribution in [0.25, 0.3) is 0 Å². The van der Waals surface area contributed by atoms with E-state index in [9.17, 15) is 4.39 Å². The van der Waals surface area contributed by atoms with Crippen molar-refractivity contribution in [2.24, 2.45) is 0 Å². The smallest absolute Gasteiger partial charge is 0.165 e. The summed E-state index contributed by atoms with van der Waals surface area (Å²) in [4.78, 5) is 0. The van der Waals surface area contributed by atoms with E-state index in [-0.39, 0.29) is 11.8 Å². The number of hydrogen-bond acceptors (Lipinski definition) is 3. The zero-order valence-electron chi connectivity index (χ0n) is 7.54. The van der Waals surface area contributed by atoms with Crippen molar-refractivity contribution < 1.29 is 14.3 Å². The summed E-state index contributed by atoms with van der Waals surface area (Å²) in [6, 6.07) is 4.25. The Hall–Kier alpha value is -1.13. The molecule has 0 aliphatic rings. The maximum Gasteiger partial charge on any atom is 0.165 e. The fourth-order valence-corrected chi connectivity index (χ4v) is 1.03. The Morgan fingerprint density at radius 3 is 2.69 bits per heavy atom. The Morgan fingerprint density at radius 1 is 1.54 bits per heavy atom. The van der Waals surface area contributed by atoms with Crippen molar-refractivity contribution in [2.45, 2.75) is 13.0 Å². The van der Waals surface area contributed by atoms with Crippen molar-refractivity contribution in [3.05, 3.63) is 29.6 Å². The van der Waals surface area contributed by atoms with Crippen molar-refractivity contribution >= 4 is 0 Å². The molecule has 2 N–H and O–H groups in total. The van der Waals surface area contributed by atoms with Gasteiger partial charge in [-0.25, -0.2) is 4.39 Å². The summed E-state index contributed by atoms with van der Waals surface area (Å²) in [5.74, 6) is -0.226. The van der Waals surface area contributed by atoms with Gasteiger partial charge in [0.2, 0.25) is 0 Å². The first-order valence-corrected chi connectivity index (χ1v) is 3.92. The maximum absolute atomic E-state index is 13.1. The van der Waals surface area contributed by atoms with E-state index in [1.807, 2.05) is 5.48 Å². The Morgan fingerprint density at radius 2 is 2.23 bits per heavy atom. The molecule has 0 heterocycles. The van der Waals surface area contributed by atoms with Gasteiger partial charge in [-0.3, -0.25) is 0 Å². The van der Waals surface area contributed by atoms with Crippen molar-refractivity contribution in [1.82, 2.24) is 5.48 Å². The molecule has 0 radical (unpaired) electrons. The summed E-state index contributed by atoms with van der Waals surface area (Å²) in [6.45, 7) is 1.72. The van der Waals surface area contributed by atoms with Crippen LogP contribution in [0, 0.1) is 5.82 Å². The van der Waals surface area contributed by atoms with Crippen LogP contribution >= 0.6 is 0 Å². The molecule has 0 fully saturated rings. The fourth-order valence-electron chi connectivity index (χ4n) is 1.03. The van der Waals surface area contributed by atoms with Crippen LogP contribution in [0.3, 0.4) is 0 Å². The highest BCUT2D eigenvalue weighted by molar-refractivity contribution is 5.30. The molecule has 1 atom stereocenters. The van der Waals surface area contributed by atoms with E-state index >= 15 is 0 Å². The number of hydroxylamine groups is 1. The average molecular weight is 185 g/mol. The van der Waals surface area contributed by atoms with Crippen molar-refractivity contribution in [3.63, 3.8) is 0 Å². The number of nitrogens with one attached hydrogen (secondary N) is 1. The van der Waals surface area contributed by atoms with Gasteiger partial charge >= 0.3 is 0 Å². The third-order valence-corrected chi connectivity index (χ3v) is 1.87. The highest BCUT2D eigenvalue weighted by Gasteiger charge is 2.07. The molecule has 72 valence electrons. The molecule has 0 aliphatic heterocycles. The van der Waals surface area contributed by atoms with Crippen LogP contribution in [0.4, 0.5) is 4.39 Å². The lowest BCUT2D eigenvalue weighted by Gasteiger charge is -2.10. The number of halogens is 1. The number of ether oxygens (including phenoxy) is 1. The first kappa shape index (κ1) is 9.95. The topological polar surface area (TPSA) is 41.5 Å². The predicted octanol–water partition coefficient (Wildman–Crippen LogP) is 1.87. The van der Waals surface area contributed by atoms with Crippen molar-refractivity contribution in [1.29, 1.82) is 0 Å². The van der Waals surface area contributed by atoms with Crippen molar-refractivity contribution in [3.8, 4) is 5.75 Å². The third kappa shape index (κ3) is 2.17. The van der Waals surface area contributed by atoms with E-state index in [1.54, 1.807) is 13.0 Å². The third-order valence-electron chi connectivity index (χ3n) is 1.87. The molecule has 0 saturated heterocycles. The molecule has 13 heavy (non-hydrogen) atoms. The molecule has 0 spiro atoms. The zero-order chi connectivity index (χ0) is 9.84. The lowest BCUT2D eigenvalue weighted by Crippen LogP contribution is -2.13. The molecule has 1 aromatic rings. The van der Waals surface area contributed by atoms with E-state index < -0.39 is 5.82 Å². The Balaban J connectivity index is 2.95. The second kappa shape index (κ2) is 4.20. The van der Waals surface area contributed by atoms with Gasteiger partial charge in [-0.1, -0.05) is 6.07 Å². The molecular weight excluding hydrogens is 173 g/mol. The number of methoxy groups -OCH3 is 1. The summed E-state index contributed by atoms with van der Waals surface area (Å²) in [5.41, 5.74) is 2.71. The van der Waals surface area contributed by atoms with Gasteiger partial charge in [0.1, 0.15) is 0 Å². The van der Waals surface area contributed by atoms with E-state index in [0.29, 0.717) is 5.56 Å². The Kier molecular flexibility index (Phi) is 3.22. The molecule has 0 saturated carbocycles. The van der Waals surface area contributed by atoms with Gasteiger partial charge in [-0.05, 0) is 24.6 Å². The Labute approximate surface area is 76.1 Å². The summed E-state index contributed by atoms with van der Waals surface area (Å²) in [6.07, 6.45) is 0. The number of rotatable bonds is 3. The van der Waals surface area contributed by atoms with Crippen LogP contribution in [0.2, 0.25) is 0 Å². The molecule has 0 aliphatic carbocycles. The lowest BCUT2D eigenvalue weighted by atomic mass is 10.1. The van der Waals surface area contributed by atoms with Gasteiger partial charge in [0.05, 0.1) is 13.2 Å².